The molecule has 0 unspecified atom stereocenters. The van der Waals surface area contributed by atoms with Crippen LogP contribution in [0.3, 0.4) is 0 Å². The van der Waals surface area contributed by atoms with Crippen LogP contribution in [0, 0.1) is 0 Å². The molecule has 0 spiro atoms. The number of pyridine rings is 1. The summed E-state index contributed by atoms with van der Waals surface area (Å²) in [6.45, 7) is 0.0995. The first-order valence-electron chi connectivity index (χ1n) is 9.51. The molecule has 2 heterocycles. The second kappa shape index (κ2) is 8.24. The largest absolute Gasteiger partial charge is 0.501 e. The van der Waals surface area contributed by atoms with E-state index in [4.69, 9.17) is 0 Å². The average Bonchev–Trinajstić information content (AvgIpc) is 3.06. The molecule has 0 aliphatic heterocycles. The Hall–Kier alpha value is -3.86. The van der Waals surface area contributed by atoms with E-state index < -0.39 is 31.8 Å². The number of hydrogen-bond acceptors (Lipinski definition) is 5. The van der Waals surface area contributed by atoms with Gasteiger partial charge in [-0.15, -0.1) is 0 Å². The van der Waals surface area contributed by atoms with E-state index >= 15 is 0 Å². The van der Waals surface area contributed by atoms with Crippen LogP contribution < -0.4 is 5.69 Å². The van der Waals surface area contributed by atoms with Crippen LogP contribution in [0.25, 0.3) is 16.9 Å². The highest BCUT2D eigenvalue weighted by molar-refractivity contribution is 7.92. The molecule has 0 saturated heterocycles. The van der Waals surface area contributed by atoms with Crippen LogP contribution in [0.1, 0.15) is 5.56 Å². The SMILES string of the molecule is O=c1n(Cc2ccnc(-c3ccccc3)c2)cc(O)n1-c1ccc(S(=O)(=O)C(F)(F)F)cc1. The van der Waals surface area contributed by atoms with Crippen LogP contribution in [0.15, 0.2) is 88.8 Å². The molecule has 0 saturated carbocycles. The minimum Gasteiger partial charge on any atom is -0.493 e. The highest BCUT2D eigenvalue weighted by Crippen LogP contribution is 2.30. The Morgan fingerprint density at radius 3 is 2.27 bits per heavy atom. The van der Waals surface area contributed by atoms with Crippen molar-refractivity contribution in [3.05, 3.63) is 95.2 Å². The first-order valence-corrected chi connectivity index (χ1v) is 11.0. The lowest BCUT2D eigenvalue weighted by Crippen LogP contribution is -2.24. The van der Waals surface area contributed by atoms with Crippen molar-refractivity contribution >= 4 is 9.84 Å². The fraction of sp³-hybridized carbons (Fsp3) is 0.0909. The summed E-state index contributed by atoms with van der Waals surface area (Å²) in [6.07, 6.45) is 2.78. The fourth-order valence-electron chi connectivity index (χ4n) is 3.28. The van der Waals surface area contributed by atoms with Gasteiger partial charge < -0.3 is 5.11 Å². The number of alkyl halides is 3. The van der Waals surface area contributed by atoms with E-state index in [1.165, 1.54) is 10.8 Å². The molecule has 1 N–H and O–H groups in total. The maximum atomic E-state index is 12.8. The van der Waals surface area contributed by atoms with E-state index in [-0.39, 0.29) is 12.2 Å². The van der Waals surface area contributed by atoms with E-state index in [2.05, 4.69) is 4.98 Å². The summed E-state index contributed by atoms with van der Waals surface area (Å²) < 4.78 is 63.3. The Kier molecular flexibility index (Phi) is 5.58. The Bertz CT molecular complexity index is 1460. The lowest BCUT2D eigenvalue weighted by molar-refractivity contribution is -0.0436. The third-order valence-corrected chi connectivity index (χ3v) is 6.40. The summed E-state index contributed by atoms with van der Waals surface area (Å²) >= 11 is 0. The quantitative estimate of drug-likeness (QED) is 0.475. The first-order chi connectivity index (χ1) is 15.6. The normalized spacial score (nSPS) is 12.1. The van der Waals surface area contributed by atoms with Gasteiger partial charge in [-0.2, -0.15) is 13.2 Å². The van der Waals surface area contributed by atoms with Crippen molar-refractivity contribution in [1.29, 1.82) is 0 Å². The van der Waals surface area contributed by atoms with Crippen molar-refractivity contribution < 1.29 is 26.7 Å². The maximum absolute atomic E-state index is 12.8. The Labute approximate surface area is 185 Å². The lowest BCUT2D eigenvalue weighted by atomic mass is 10.1. The van der Waals surface area contributed by atoms with Gasteiger partial charge in [0.2, 0.25) is 5.88 Å². The van der Waals surface area contributed by atoms with Crippen molar-refractivity contribution in [3.63, 3.8) is 0 Å². The molecule has 0 amide bonds. The second-order valence-corrected chi connectivity index (χ2v) is 9.03. The highest BCUT2D eigenvalue weighted by atomic mass is 32.2. The number of imidazole rings is 1. The van der Waals surface area contributed by atoms with E-state index in [1.807, 2.05) is 30.3 Å². The molecule has 2 aromatic carbocycles. The summed E-state index contributed by atoms with van der Waals surface area (Å²) in [7, 11) is -5.52. The molecule has 0 atom stereocenters. The third-order valence-electron chi connectivity index (χ3n) is 4.89. The summed E-state index contributed by atoms with van der Waals surface area (Å²) in [5.74, 6) is -0.455. The molecular formula is C22H16F3N3O4S. The van der Waals surface area contributed by atoms with Gasteiger partial charge in [0, 0.05) is 11.8 Å². The number of nitrogens with zero attached hydrogens (tertiary/aromatic N) is 3. The summed E-state index contributed by atoms with van der Waals surface area (Å²) in [6, 6.07) is 16.4. The molecule has 0 radical (unpaired) electrons. The summed E-state index contributed by atoms with van der Waals surface area (Å²) in [5, 5.41) is 10.3. The topological polar surface area (TPSA) is 94.2 Å². The zero-order valence-electron chi connectivity index (χ0n) is 16.8. The van der Waals surface area contributed by atoms with Gasteiger partial charge in [-0.05, 0) is 42.0 Å². The van der Waals surface area contributed by atoms with Crippen LogP contribution in [-0.2, 0) is 16.4 Å². The Balaban J connectivity index is 1.64. The molecule has 0 bridgehead atoms. The number of hydrogen-bond donors (Lipinski definition) is 1. The second-order valence-electron chi connectivity index (χ2n) is 7.09. The molecule has 33 heavy (non-hydrogen) atoms. The molecule has 0 aliphatic carbocycles. The summed E-state index contributed by atoms with van der Waals surface area (Å²) in [4.78, 5) is 16.2. The lowest BCUT2D eigenvalue weighted by Gasteiger charge is -2.09. The monoisotopic (exact) mass is 475 g/mol. The van der Waals surface area contributed by atoms with Gasteiger partial charge in [-0.1, -0.05) is 30.3 Å². The van der Waals surface area contributed by atoms with Gasteiger partial charge in [0.25, 0.3) is 9.84 Å². The van der Waals surface area contributed by atoms with Crippen molar-refractivity contribution in [1.82, 2.24) is 14.1 Å². The number of rotatable bonds is 5. The van der Waals surface area contributed by atoms with E-state index in [0.717, 1.165) is 40.0 Å². The number of benzene rings is 2. The number of halogens is 3. The van der Waals surface area contributed by atoms with E-state index in [0.29, 0.717) is 5.69 Å². The predicted molar refractivity (Wildman–Crippen MR) is 114 cm³/mol. The highest BCUT2D eigenvalue weighted by Gasteiger charge is 2.46. The van der Waals surface area contributed by atoms with Gasteiger partial charge in [0.05, 0.1) is 29.0 Å². The molecular weight excluding hydrogens is 459 g/mol. The number of aromatic nitrogens is 3. The van der Waals surface area contributed by atoms with Crippen LogP contribution in [0.2, 0.25) is 0 Å². The fourth-order valence-corrected chi connectivity index (χ4v) is 4.04. The molecule has 4 rings (SSSR count). The standard InChI is InChI=1S/C22H16F3N3O4S/c23-22(24,25)33(31,32)18-8-6-17(7-9-18)28-20(29)14-27(21(28)30)13-15-10-11-26-19(12-15)16-4-2-1-3-5-16/h1-12,14,29H,13H2. The first kappa shape index (κ1) is 22.3. The van der Waals surface area contributed by atoms with Crippen LogP contribution in [0.5, 0.6) is 5.88 Å². The smallest absolute Gasteiger partial charge is 0.493 e. The predicted octanol–water partition coefficient (Wildman–Crippen LogP) is 3.75. The molecule has 0 aliphatic rings. The van der Waals surface area contributed by atoms with Crippen LogP contribution in [0.4, 0.5) is 13.2 Å². The van der Waals surface area contributed by atoms with E-state index in [9.17, 15) is 31.5 Å². The van der Waals surface area contributed by atoms with Gasteiger partial charge in [0.15, 0.2) is 0 Å². The van der Waals surface area contributed by atoms with Gasteiger partial charge in [-0.3, -0.25) is 9.55 Å². The molecule has 7 nitrogen and oxygen atoms in total. The van der Waals surface area contributed by atoms with Crippen LogP contribution >= 0.6 is 0 Å². The van der Waals surface area contributed by atoms with Gasteiger partial charge in [0.1, 0.15) is 0 Å². The summed E-state index contributed by atoms with van der Waals surface area (Å²) in [5.41, 5.74) is -3.77. The number of aromatic hydroxyl groups is 1. The Morgan fingerprint density at radius 2 is 1.64 bits per heavy atom. The minimum atomic E-state index is -5.52. The molecule has 4 aromatic rings. The minimum absolute atomic E-state index is 0.0112. The van der Waals surface area contributed by atoms with Crippen molar-refractivity contribution in [3.8, 4) is 22.8 Å². The van der Waals surface area contributed by atoms with Crippen molar-refractivity contribution in [2.24, 2.45) is 0 Å². The third kappa shape index (κ3) is 4.27. The van der Waals surface area contributed by atoms with Gasteiger partial charge in [-0.25, -0.2) is 17.8 Å². The Morgan fingerprint density at radius 1 is 0.970 bits per heavy atom. The molecule has 2 aromatic heterocycles. The zero-order chi connectivity index (χ0) is 23.8. The van der Waals surface area contributed by atoms with Gasteiger partial charge >= 0.3 is 11.2 Å². The molecule has 0 fully saturated rings. The van der Waals surface area contributed by atoms with E-state index in [1.54, 1.807) is 18.3 Å². The van der Waals surface area contributed by atoms with Crippen molar-refractivity contribution in [2.75, 3.05) is 0 Å². The maximum Gasteiger partial charge on any atom is 0.501 e. The number of sulfone groups is 1. The van der Waals surface area contributed by atoms with Crippen molar-refractivity contribution in [2.45, 2.75) is 16.9 Å². The zero-order valence-corrected chi connectivity index (χ0v) is 17.6. The molecule has 11 heteroatoms. The average molecular weight is 475 g/mol. The molecule has 170 valence electrons. The van der Waals surface area contributed by atoms with Crippen LogP contribution in [-0.4, -0.2) is 33.2 Å².